The smallest absolute Gasteiger partial charge is 0.255 e. The van der Waals surface area contributed by atoms with Gasteiger partial charge in [0.1, 0.15) is 0 Å². The number of amides is 1. The minimum atomic E-state index is -3.70. The number of sulfonamides is 1. The van der Waals surface area contributed by atoms with Crippen LogP contribution in [0.1, 0.15) is 21.5 Å². The molecule has 1 aliphatic heterocycles. The van der Waals surface area contributed by atoms with Gasteiger partial charge >= 0.3 is 0 Å². The number of nitrogens with zero attached hydrogens (tertiary/aromatic N) is 1. The second-order valence-electron chi connectivity index (χ2n) is 6.85. The Labute approximate surface area is 175 Å². The van der Waals surface area contributed by atoms with Crippen LogP contribution in [-0.2, 0) is 23.0 Å². The van der Waals surface area contributed by atoms with Crippen molar-refractivity contribution in [3.05, 3.63) is 94.5 Å². The van der Waals surface area contributed by atoms with Gasteiger partial charge < -0.3 is 5.32 Å². The van der Waals surface area contributed by atoms with E-state index in [2.05, 4.69) is 5.32 Å². The van der Waals surface area contributed by atoms with E-state index in [-0.39, 0.29) is 16.4 Å². The highest BCUT2D eigenvalue weighted by atomic mass is 35.5. The van der Waals surface area contributed by atoms with Crippen molar-refractivity contribution in [3.63, 3.8) is 0 Å². The third kappa shape index (κ3) is 4.19. The fraction of sp³-hybridized carbons (Fsp3) is 0.136. The molecule has 0 saturated heterocycles. The fourth-order valence-electron chi connectivity index (χ4n) is 3.36. The number of benzene rings is 3. The van der Waals surface area contributed by atoms with Crippen LogP contribution in [0.2, 0.25) is 5.02 Å². The van der Waals surface area contributed by atoms with E-state index >= 15 is 0 Å². The number of carbonyl (C=O) groups excluding carboxylic acids is 1. The zero-order valence-electron chi connectivity index (χ0n) is 15.5. The largest absolute Gasteiger partial charge is 0.322 e. The summed E-state index contributed by atoms with van der Waals surface area (Å²) >= 11 is 5.86. The number of halogens is 1. The van der Waals surface area contributed by atoms with Gasteiger partial charge in [0.05, 0.1) is 4.90 Å². The van der Waals surface area contributed by atoms with Crippen molar-refractivity contribution in [2.75, 3.05) is 11.9 Å². The molecule has 0 unspecified atom stereocenters. The van der Waals surface area contributed by atoms with Gasteiger partial charge in [0.15, 0.2) is 0 Å². The highest BCUT2D eigenvalue weighted by molar-refractivity contribution is 7.89. The summed E-state index contributed by atoms with van der Waals surface area (Å²) in [7, 11) is -3.70. The Balaban J connectivity index is 1.56. The predicted molar refractivity (Wildman–Crippen MR) is 114 cm³/mol. The van der Waals surface area contributed by atoms with E-state index in [9.17, 15) is 13.2 Å². The van der Waals surface area contributed by atoms with Gasteiger partial charge in [-0.3, -0.25) is 4.79 Å². The van der Waals surface area contributed by atoms with Crippen LogP contribution in [0, 0.1) is 0 Å². The molecule has 0 saturated carbocycles. The highest BCUT2D eigenvalue weighted by Gasteiger charge is 2.28. The average Bonchev–Trinajstić information content (AvgIpc) is 2.75. The molecule has 148 valence electrons. The van der Waals surface area contributed by atoms with Gasteiger partial charge in [-0.15, -0.1) is 0 Å². The van der Waals surface area contributed by atoms with E-state index in [1.54, 1.807) is 36.4 Å². The van der Waals surface area contributed by atoms with Crippen LogP contribution in [0.3, 0.4) is 0 Å². The first-order chi connectivity index (χ1) is 13.9. The molecule has 4 rings (SSSR count). The second kappa shape index (κ2) is 7.99. The SMILES string of the molecule is O=C(Nc1ccc(Cl)cc1)c1cccc(S(=O)(=O)N2CCc3ccccc3C2)c1. The first kappa shape index (κ1) is 19.6. The molecule has 0 aliphatic carbocycles. The number of nitrogens with one attached hydrogen (secondary N) is 1. The summed E-state index contributed by atoms with van der Waals surface area (Å²) in [6.45, 7) is 0.750. The van der Waals surface area contributed by atoms with Gasteiger partial charge in [-0.05, 0) is 60.0 Å². The van der Waals surface area contributed by atoms with E-state index < -0.39 is 10.0 Å². The molecule has 1 N–H and O–H groups in total. The summed E-state index contributed by atoms with van der Waals surface area (Å²) in [5, 5.41) is 3.32. The van der Waals surface area contributed by atoms with Gasteiger partial charge in [0.2, 0.25) is 10.0 Å². The molecule has 7 heteroatoms. The molecular formula is C22H19ClN2O3S. The second-order valence-corrected chi connectivity index (χ2v) is 9.22. The lowest BCUT2D eigenvalue weighted by Crippen LogP contribution is -2.36. The molecule has 3 aromatic rings. The van der Waals surface area contributed by atoms with Gasteiger partial charge in [0.25, 0.3) is 5.91 Å². The summed E-state index contributed by atoms with van der Waals surface area (Å²) in [5.74, 6) is -0.381. The van der Waals surface area contributed by atoms with Crippen molar-refractivity contribution in [2.45, 2.75) is 17.9 Å². The number of hydrogen-bond acceptors (Lipinski definition) is 3. The number of anilines is 1. The van der Waals surface area contributed by atoms with E-state index in [0.717, 1.165) is 5.56 Å². The Hall–Kier alpha value is -2.67. The number of rotatable bonds is 4. The quantitative estimate of drug-likeness (QED) is 0.674. The summed E-state index contributed by atoms with van der Waals surface area (Å²) in [5.41, 5.74) is 3.05. The molecule has 0 spiro atoms. The fourth-order valence-corrected chi connectivity index (χ4v) is 4.95. The maximum atomic E-state index is 13.1. The van der Waals surface area contributed by atoms with Crippen LogP contribution in [0.5, 0.6) is 0 Å². The maximum Gasteiger partial charge on any atom is 0.255 e. The van der Waals surface area contributed by atoms with Gasteiger partial charge in [-0.25, -0.2) is 8.42 Å². The molecule has 1 aliphatic rings. The first-order valence-corrected chi connectivity index (χ1v) is 11.0. The molecule has 1 amide bonds. The van der Waals surface area contributed by atoms with Crippen LogP contribution >= 0.6 is 11.6 Å². The van der Waals surface area contributed by atoms with Gasteiger partial charge in [0, 0.05) is 29.4 Å². The van der Waals surface area contributed by atoms with E-state index in [1.807, 2.05) is 24.3 Å². The topological polar surface area (TPSA) is 66.5 Å². The third-order valence-electron chi connectivity index (χ3n) is 4.93. The van der Waals surface area contributed by atoms with Crippen molar-refractivity contribution in [1.82, 2.24) is 4.31 Å². The van der Waals surface area contributed by atoms with Crippen LogP contribution in [0.4, 0.5) is 5.69 Å². The molecule has 0 bridgehead atoms. The van der Waals surface area contributed by atoms with E-state index in [0.29, 0.717) is 30.2 Å². The Bertz CT molecular complexity index is 1160. The lowest BCUT2D eigenvalue weighted by Gasteiger charge is -2.28. The van der Waals surface area contributed by atoms with Crippen molar-refractivity contribution in [3.8, 4) is 0 Å². The Kier molecular flexibility index (Phi) is 5.41. The van der Waals surface area contributed by atoms with Crippen LogP contribution in [0.25, 0.3) is 0 Å². The average molecular weight is 427 g/mol. The standard InChI is InChI=1S/C22H19ClN2O3S/c23-19-8-10-20(11-9-19)24-22(26)17-6-3-7-21(14-17)29(27,28)25-13-12-16-4-1-2-5-18(16)15-25/h1-11,14H,12-13,15H2,(H,24,26). The molecule has 5 nitrogen and oxygen atoms in total. The Morgan fingerprint density at radius 1 is 0.931 bits per heavy atom. The summed E-state index contributed by atoms with van der Waals surface area (Å²) in [6.07, 6.45) is 0.673. The molecular weight excluding hydrogens is 408 g/mol. The van der Waals surface area contributed by atoms with Crippen molar-refractivity contribution < 1.29 is 13.2 Å². The minimum absolute atomic E-state index is 0.112. The monoisotopic (exact) mass is 426 g/mol. The maximum absolute atomic E-state index is 13.1. The van der Waals surface area contributed by atoms with Crippen LogP contribution < -0.4 is 5.32 Å². The molecule has 0 fully saturated rings. The van der Waals surface area contributed by atoms with Crippen molar-refractivity contribution >= 4 is 33.2 Å². The summed E-state index contributed by atoms with van der Waals surface area (Å²) in [6, 6.07) is 20.7. The molecule has 3 aromatic carbocycles. The summed E-state index contributed by atoms with van der Waals surface area (Å²) < 4.78 is 27.8. The van der Waals surface area contributed by atoms with Crippen molar-refractivity contribution in [2.24, 2.45) is 0 Å². The normalized spacial score (nSPS) is 14.2. The first-order valence-electron chi connectivity index (χ1n) is 9.17. The third-order valence-corrected chi connectivity index (χ3v) is 7.02. The van der Waals surface area contributed by atoms with Crippen molar-refractivity contribution in [1.29, 1.82) is 0 Å². The predicted octanol–water partition coefficient (Wildman–Crippen LogP) is 4.34. The Morgan fingerprint density at radius 2 is 1.66 bits per heavy atom. The number of hydrogen-bond donors (Lipinski definition) is 1. The van der Waals surface area contributed by atoms with E-state index in [1.165, 1.54) is 22.0 Å². The lowest BCUT2D eigenvalue weighted by molar-refractivity contribution is 0.102. The zero-order chi connectivity index (χ0) is 20.4. The van der Waals surface area contributed by atoms with Crippen LogP contribution in [0.15, 0.2) is 77.7 Å². The van der Waals surface area contributed by atoms with Gasteiger partial charge in [-0.2, -0.15) is 4.31 Å². The number of carbonyl (C=O) groups is 1. The molecule has 0 radical (unpaired) electrons. The zero-order valence-corrected chi connectivity index (χ0v) is 17.1. The molecule has 0 aromatic heterocycles. The van der Waals surface area contributed by atoms with Crippen LogP contribution in [-0.4, -0.2) is 25.2 Å². The molecule has 29 heavy (non-hydrogen) atoms. The van der Waals surface area contributed by atoms with E-state index in [4.69, 9.17) is 11.6 Å². The highest BCUT2D eigenvalue weighted by Crippen LogP contribution is 2.25. The molecule has 1 heterocycles. The Morgan fingerprint density at radius 3 is 2.41 bits per heavy atom. The van der Waals surface area contributed by atoms with Gasteiger partial charge in [-0.1, -0.05) is 41.9 Å². The lowest BCUT2D eigenvalue weighted by atomic mass is 10.0. The summed E-state index contributed by atoms with van der Waals surface area (Å²) in [4.78, 5) is 12.7. The minimum Gasteiger partial charge on any atom is -0.322 e. The number of fused-ring (bicyclic) bond motifs is 1. The molecule has 0 atom stereocenters.